The standard InChI is InChI=1S/C15H11Br2ClO3/c1-20-8-6-11(17)13(12(7-8)21-2)15(19)9-4-3-5-10(16)14(9)18/h3-7H,1-2H3. The maximum Gasteiger partial charge on any atom is 0.199 e. The highest BCUT2D eigenvalue weighted by molar-refractivity contribution is 9.10. The highest BCUT2D eigenvalue weighted by Crippen LogP contribution is 2.36. The quantitative estimate of drug-likeness (QED) is 0.627. The van der Waals surface area contributed by atoms with Crippen molar-refractivity contribution in [2.45, 2.75) is 0 Å². The third-order valence-corrected chi connectivity index (χ3v) is 4.83. The number of ether oxygens (including phenoxy) is 2. The van der Waals surface area contributed by atoms with Gasteiger partial charge in [-0.1, -0.05) is 17.7 Å². The third kappa shape index (κ3) is 3.25. The van der Waals surface area contributed by atoms with Crippen LogP contribution in [-0.4, -0.2) is 20.0 Å². The Morgan fingerprint density at radius 1 is 1.10 bits per heavy atom. The predicted octanol–water partition coefficient (Wildman–Crippen LogP) is 5.11. The highest BCUT2D eigenvalue weighted by Gasteiger charge is 2.22. The Morgan fingerprint density at radius 2 is 1.81 bits per heavy atom. The molecule has 0 amide bonds. The van der Waals surface area contributed by atoms with E-state index in [1.165, 1.54) is 7.11 Å². The van der Waals surface area contributed by atoms with Crippen molar-refractivity contribution in [3.05, 3.63) is 55.4 Å². The van der Waals surface area contributed by atoms with Gasteiger partial charge in [-0.15, -0.1) is 0 Å². The molecule has 2 aromatic rings. The van der Waals surface area contributed by atoms with Crippen molar-refractivity contribution in [2.24, 2.45) is 0 Å². The van der Waals surface area contributed by atoms with Crippen LogP contribution in [0.4, 0.5) is 0 Å². The minimum absolute atomic E-state index is 0.229. The van der Waals surface area contributed by atoms with Gasteiger partial charge in [-0.05, 0) is 50.1 Å². The van der Waals surface area contributed by atoms with E-state index in [9.17, 15) is 4.79 Å². The summed E-state index contributed by atoms with van der Waals surface area (Å²) in [7, 11) is 3.05. The lowest BCUT2D eigenvalue weighted by Crippen LogP contribution is -2.06. The van der Waals surface area contributed by atoms with Gasteiger partial charge in [0.15, 0.2) is 5.78 Å². The first-order valence-electron chi connectivity index (χ1n) is 5.89. The normalized spacial score (nSPS) is 10.3. The van der Waals surface area contributed by atoms with E-state index >= 15 is 0 Å². The number of carbonyl (C=O) groups excluding carboxylic acids is 1. The van der Waals surface area contributed by atoms with Crippen LogP contribution < -0.4 is 9.47 Å². The van der Waals surface area contributed by atoms with E-state index in [0.717, 1.165) is 0 Å². The smallest absolute Gasteiger partial charge is 0.199 e. The van der Waals surface area contributed by atoms with Crippen molar-refractivity contribution in [1.29, 1.82) is 0 Å². The fraction of sp³-hybridized carbons (Fsp3) is 0.133. The molecule has 3 nitrogen and oxygen atoms in total. The van der Waals surface area contributed by atoms with Crippen molar-refractivity contribution in [2.75, 3.05) is 14.2 Å². The molecule has 0 bridgehead atoms. The SMILES string of the molecule is COc1cc(Br)c(C(=O)c2cccc(Br)c2Cl)c(OC)c1. The Bertz CT molecular complexity index is 702. The molecule has 0 aliphatic rings. The van der Waals surface area contributed by atoms with Crippen LogP contribution in [0.3, 0.4) is 0 Å². The molecular weight excluding hydrogens is 423 g/mol. The highest BCUT2D eigenvalue weighted by atomic mass is 79.9. The second-order valence-corrected chi connectivity index (χ2v) is 6.20. The molecular formula is C15H11Br2ClO3. The second-order valence-electron chi connectivity index (χ2n) is 4.12. The number of benzene rings is 2. The lowest BCUT2D eigenvalue weighted by molar-refractivity contribution is 0.103. The molecule has 0 aliphatic heterocycles. The third-order valence-electron chi connectivity index (χ3n) is 2.91. The molecule has 0 spiro atoms. The molecule has 21 heavy (non-hydrogen) atoms. The van der Waals surface area contributed by atoms with Gasteiger partial charge in [0.05, 0.1) is 24.8 Å². The number of hydrogen-bond acceptors (Lipinski definition) is 3. The van der Waals surface area contributed by atoms with Crippen LogP contribution in [0.1, 0.15) is 15.9 Å². The van der Waals surface area contributed by atoms with Gasteiger partial charge in [-0.2, -0.15) is 0 Å². The van der Waals surface area contributed by atoms with Gasteiger partial charge in [0.25, 0.3) is 0 Å². The van der Waals surface area contributed by atoms with E-state index < -0.39 is 0 Å². The minimum atomic E-state index is -0.229. The fourth-order valence-corrected chi connectivity index (χ4v) is 3.05. The molecule has 0 saturated carbocycles. The Morgan fingerprint density at radius 3 is 2.43 bits per heavy atom. The number of hydrogen-bond donors (Lipinski definition) is 0. The summed E-state index contributed by atoms with van der Waals surface area (Å²) in [5.74, 6) is 0.783. The molecule has 0 fully saturated rings. The molecule has 6 heteroatoms. The number of halogens is 3. The van der Waals surface area contributed by atoms with Crippen LogP contribution in [-0.2, 0) is 0 Å². The first kappa shape index (κ1) is 16.3. The van der Waals surface area contributed by atoms with Crippen LogP contribution in [0, 0.1) is 0 Å². The number of ketones is 1. The van der Waals surface area contributed by atoms with Gasteiger partial charge < -0.3 is 9.47 Å². The van der Waals surface area contributed by atoms with Crippen LogP contribution in [0.15, 0.2) is 39.3 Å². The lowest BCUT2D eigenvalue weighted by atomic mass is 10.0. The van der Waals surface area contributed by atoms with Crippen LogP contribution in [0.2, 0.25) is 5.02 Å². The predicted molar refractivity (Wildman–Crippen MR) is 89.8 cm³/mol. The fourth-order valence-electron chi connectivity index (χ4n) is 1.87. The zero-order valence-electron chi connectivity index (χ0n) is 11.2. The van der Waals surface area contributed by atoms with Gasteiger partial charge in [0, 0.05) is 20.6 Å². The van der Waals surface area contributed by atoms with Crippen molar-refractivity contribution < 1.29 is 14.3 Å². The molecule has 0 aliphatic carbocycles. The first-order valence-corrected chi connectivity index (χ1v) is 7.86. The molecule has 0 aromatic heterocycles. The summed E-state index contributed by atoms with van der Waals surface area (Å²) in [5.41, 5.74) is 0.800. The average Bonchev–Trinajstić information content (AvgIpc) is 2.48. The van der Waals surface area contributed by atoms with Crippen molar-refractivity contribution in [1.82, 2.24) is 0 Å². The zero-order chi connectivity index (χ0) is 15.6. The molecule has 2 aromatic carbocycles. The van der Waals surface area contributed by atoms with E-state index in [-0.39, 0.29) is 5.78 Å². The zero-order valence-corrected chi connectivity index (χ0v) is 15.2. The van der Waals surface area contributed by atoms with E-state index in [0.29, 0.717) is 36.6 Å². The Balaban J connectivity index is 2.60. The molecule has 0 N–H and O–H groups in total. The molecule has 0 radical (unpaired) electrons. The van der Waals surface area contributed by atoms with Gasteiger partial charge >= 0.3 is 0 Å². The molecule has 110 valence electrons. The molecule has 0 saturated heterocycles. The van der Waals surface area contributed by atoms with Crippen molar-refractivity contribution in [3.8, 4) is 11.5 Å². The number of rotatable bonds is 4. The largest absolute Gasteiger partial charge is 0.497 e. The van der Waals surface area contributed by atoms with Crippen LogP contribution >= 0.6 is 43.5 Å². The van der Waals surface area contributed by atoms with E-state index in [1.54, 1.807) is 37.4 Å². The van der Waals surface area contributed by atoms with Crippen molar-refractivity contribution >= 4 is 49.2 Å². The molecule has 2 rings (SSSR count). The lowest BCUT2D eigenvalue weighted by Gasteiger charge is -2.13. The summed E-state index contributed by atoms with van der Waals surface area (Å²) < 4.78 is 11.7. The summed E-state index contributed by atoms with van der Waals surface area (Å²) in [6, 6.07) is 8.57. The average molecular weight is 435 g/mol. The minimum Gasteiger partial charge on any atom is -0.497 e. The maximum atomic E-state index is 12.8. The summed E-state index contributed by atoms with van der Waals surface area (Å²) >= 11 is 12.9. The van der Waals surface area contributed by atoms with Crippen LogP contribution in [0.5, 0.6) is 11.5 Å². The maximum absolute atomic E-state index is 12.8. The molecule has 0 atom stereocenters. The summed E-state index contributed by atoms with van der Waals surface area (Å²) in [5, 5.41) is 0.368. The first-order chi connectivity index (χ1) is 9.99. The summed E-state index contributed by atoms with van der Waals surface area (Å²) in [6.07, 6.45) is 0. The van der Waals surface area contributed by atoms with Crippen LogP contribution in [0.25, 0.3) is 0 Å². The summed E-state index contributed by atoms with van der Waals surface area (Å²) in [4.78, 5) is 12.8. The Labute approximate surface area is 144 Å². The number of carbonyl (C=O) groups is 1. The van der Waals surface area contributed by atoms with E-state index in [2.05, 4.69) is 31.9 Å². The monoisotopic (exact) mass is 432 g/mol. The van der Waals surface area contributed by atoms with Gasteiger partial charge in [0.2, 0.25) is 0 Å². The summed E-state index contributed by atoms with van der Waals surface area (Å²) in [6.45, 7) is 0. The van der Waals surface area contributed by atoms with Gasteiger partial charge in [-0.3, -0.25) is 4.79 Å². The van der Waals surface area contributed by atoms with Gasteiger partial charge in [0.1, 0.15) is 11.5 Å². The second kappa shape index (κ2) is 6.81. The van der Waals surface area contributed by atoms with E-state index in [4.69, 9.17) is 21.1 Å². The Hall–Kier alpha value is -1.04. The molecule has 0 heterocycles. The molecule has 0 unspecified atom stereocenters. The van der Waals surface area contributed by atoms with E-state index in [1.807, 2.05) is 0 Å². The topological polar surface area (TPSA) is 35.5 Å². The Kier molecular flexibility index (Phi) is 5.30. The van der Waals surface area contributed by atoms with Crippen molar-refractivity contribution in [3.63, 3.8) is 0 Å². The van der Waals surface area contributed by atoms with Gasteiger partial charge in [-0.25, -0.2) is 0 Å². The number of methoxy groups -OCH3 is 2.